The summed E-state index contributed by atoms with van der Waals surface area (Å²) in [4.78, 5) is 0. The zero-order valence-corrected chi connectivity index (χ0v) is 11.1. The number of halogens is 2. The Kier molecular flexibility index (Phi) is 4.26. The van der Waals surface area contributed by atoms with E-state index in [0.717, 1.165) is 6.42 Å². The van der Waals surface area contributed by atoms with Crippen LogP contribution in [0, 0.1) is 4.77 Å². The molecule has 0 atom stereocenters. The SMILES string of the molecule is CCCn1c(-c2ccccc2OC(F)F)n[nH]c1=S. The van der Waals surface area contributed by atoms with E-state index >= 15 is 0 Å². The molecule has 0 aliphatic carbocycles. The van der Waals surface area contributed by atoms with Gasteiger partial charge in [-0.15, -0.1) is 0 Å². The zero-order valence-electron chi connectivity index (χ0n) is 10.3. The summed E-state index contributed by atoms with van der Waals surface area (Å²) in [5, 5.41) is 6.77. The maximum Gasteiger partial charge on any atom is 0.387 e. The second kappa shape index (κ2) is 5.92. The fourth-order valence-corrected chi connectivity index (χ4v) is 2.03. The maximum atomic E-state index is 12.4. The number of benzene rings is 1. The van der Waals surface area contributed by atoms with Crippen LogP contribution in [0.5, 0.6) is 5.75 Å². The summed E-state index contributed by atoms with van der Waals surface area (Å²) in [6.07, 6.45) is 0.860. The number of nitrogens with one attached hydrogen (secondary N) is 1. The van der Waals surface area contributed by atoms with Gasteiger partial charge in [0.25, 0.3) is 0 Å². The van der Waals surface area contributed by atoms with Crippen LogP contribution in [0.25, 0.3) is 11.4 Å². The van der Waals surface area contributed by atoms with Crippen molar-refractivity contribution in [1.29, 1.82) is 0 Å². The monoisotopic (exact) mass is 285 g/mol. The third-order valence-corrected chi connectivity index (χ3v) is 2.86. The molecule has 0 saturated carbocycles. The van der Waals surface area contributed by atoms with Crippen LogP contribution >= 0.6 is 12.2 Å². The van der Waals surface area contributed by atoms with Crippen LogP contribution in [-0.2, 0) is 6.54 Å². The maximum absolute atomic E-state index is 12.4. The van der Waals surface area contributed by atoms with Crippen molar-refractivity contribution in [2.75, 3.05) is 0 Å². The van der Waals surface area contributed by atoms with Crippen LogP contribution in [0.2, 0.25) is 0 Å². The number of aromatic amines is 1. The Morgan fingerprint density at radius 3 is 2.84 bits per heavy atom. The largest absolute Gasteiger partial charge is 0.434 e. The molecule has 19 heavy (non-hydrogen) atoms. The van der Waals surface area contributed by atoms with Crippen LogP contribution < -0.4 is 4.74 Å². The normalized spacial score (nSPS) is 10.9. The summed E-state index contributed by atoms with van der Waals surface area (Å²) in [5.74, 6) is 0.590. The molecule has 0 spiro atoms. The van der Waals surface area contributed by atoms with Crippen molar-refractivity contribution in [2.24, 2.45) is 0 Å². The lowest BCUT2D eigenvalue weighted by atomic mass is 10.2. The Hall–Kier alpha value is -1.76. The molecule has 7 heteroatoms. The molecule has 0 aliphatic rings. The van der Waals surface area contributed by atoms with Crippen molar-refractivity contribution in [3.8, 4) is 17.1 Å². The summed E-state index contributed by atoms with van der Waals surface area (Å²) in [5.41, 5.74) is 0.489. The lowest BCUT2D eigenvalue weighted by molar-refractivity contribution is -0.0494. The molecular formula is C12H13F2N3OS. The summed E-state index contributed by atoms with van der Waals surface area (Å²) in [6, 6.07) is 6.53. The number of ether oxygens (including phenoxy) is 1. The van der Waals surface area contributed by atoms with Gasteiger partial charge in [0.05, 0.1) is 5.56 Å². The van der Waals surface area contributed by atoms with E-state index in [1.807, 2.05) is 6.92 Å². The first kappa shape index (κ1) is 13.7. The summed E-state index contributed by atoms with van der Waals surface area (Å²) in [7, 11) is 0. The van der Waals surface area contributed by atoms with E-state index in [4.69, 9.17) is 12.2 Å². The van der Waals surface area contributed by atoms with E-state index in [2.05, 4.69) is 14.9 Å². The molecule has 0 saturated heterocycles. The van der Waals surface area contributed by atoms with Gasteiger partial charge in [0.1, 0.15) is 5.75 Å². The summed E-state index contributed by atoms with van der Waals surface area (Å²) >= 11 is 5.13. The standard InChI is InChI=1S/C12H13F2N3OS/c1-2-7-17-10(15-16-12(17)19)8-5-3-4-6-9(8)18-11(13)14/h3-6,11H,2,7H2,1H3,(H,16,19). The average molecular weight is 285 g/mol. The first-order chi connectivity index (χ1) is 9.13. The third-order valence-electron chi connectivity index (χ3n) is 2.55. The number of rotatable bonds is 5. The molecule has 1 aromatic heterocycles. The minimum Gasteiger partial charge on any atom is -0.434 e. The van der Waals surface area contributed by atoms with Crippen LogP contribution in [0.15, 0.2) is 24.3 Å². The second-order valence-corrected chi connectivity index (χ2v) is 4.27. The fraction of sp³-hybridized carbons (Fsp3) is 0.333. The Morgan fingerprint density at radius 1 is 1.42 bits per heavy atom. The molecule has 4 nitrogen and oxygen atoms in total. The highest BCUT2D eigenvalue weighted by Gasteiger charge is 2.15. The number of para-hydroxylation sites is 1. The highest BCUT2D eigenvalue weighted by molar-refractivity contribution is 7.71. The van der Waals surface area contributed by atoms with Gasteiger partial charge in [0.2, 0.25) is 0 Å². The summed E-state index contributed by atoms with van der Waals surface area (Å²) in [6.45, 7) is -0.212. The molecule has 2 aromatic rings. The zero-order chi connectivity index (χ0) is 13.8. The van der Waals surface area contributed by atoms with Crippen LogP contribution in [-0.4, -0.2) is 21.4 Å². The van der Waals surface area contributed by atoms with E-state index in [9.17, 15) is 8.78 Å². The molecular weight excluding hydrogens is 272 g/mol. The average Bonchev–Trinajstić information content (AvgIpc) is 2.72. The number of aromatic nitrogens is 3. The van der Waals surface area contributed by atoms with Crippen molar-refractivity contribution in [3.05, 3.63) is 29.0 Å². The molecule has 0 unspecified atom stereocenters. The smallest absolute Gasteiger partial charge is 0.387 e. The van der Waals surface area contributed by atoms with E-state index in [1.54, 1.807) is 22.8 Å². The third kappa shape index (κ3) is 2.98. The predicted molar refractivity (Wildman–Crippen MR) is 69.8 cm³/mol. The van der Waals surface area contributed by atoms with E-state index < -0.39 is 6.61 Å². The van der Waals surface area contributed by atoms with Gasteiger partial charge in [-0.3, -0.25) is 5.10 Å². The van der Waals surface area contributed by atoms with Crippen LogP contribution in [0.1, 0.15) is 13.3 Å². The Labute approximate surface area is 114 Å². The first-order valence-corrected chi connectivity index (χ1v) is 6.23. The van der Waals surface area contributed by atoms with E-state index in [1.165, 1.54) is 6.07 Å². The molecule has 0 fully saturated rings. The number of hydrogen-bond donors (Lipinski definition) is 1. The lowest BCUT2D eigenvalue weighted by Crippen LogP contribution is -2.05. The fourth-order valence-electron chi connectivity index (χ4n) is 1.80. The van der Waals surface area contributed by atoms with Crippen molar-refractivity contribution in [1.82, 2.24) is 14.8 Å². The van der Waals surface area contributed by atoms with Gasteiger partial charge in [-0.1, -0.05) is 19.1 Å². The van der Waals surface area contributed by atoms with Gasteiger partial charge >= 0.3 is 6.61 Å². The molecule has 0 amide bonds. The Morgan fingerprint density at radius 2 is 2.16 bits per heavy atom. The molecule has 102 valence electrons. The lowest BCUT2D eigenvalue weighted by Gasteiger charge is -2.11. The van der Waals surface area contributed by atoms with Gasteiger partial charge in [0.15, 0.2) is 10.6 Å². The van der Waals surface area contributed by atoms with E-state index in [0.29, 0.717) is 22.7 Å². The van der Waals surface area contributed by atoms with Gasteiger partial charge in [-0.25, -0.2) is 0 Å². The van der Waals surface area contributed by atoms with Gasteiger partial charge in [0, 0.05) is 6.54 Å². The topological polar surface area (TPSA) is 42.8 Å². The minimum atomic E-state index is -2.87. The Bertz CT molecular complexity index is 609. The van der Waals surface area contributed by atoms with Gasteiger partial charge < -0.3 is 9.30 Å². The van der Waals surface area contributed by atoms with Crippen molar-refractivity contribution >= 4 is 12.2 Å². The van der Waals surface area contributed by atoms with Crippen molar-refractivity contribution in [2.45, 2.75) is 26.5 Å². The molecule has 1 heterocycles. The summed E-state index contributed by atoms with van der Waals surface area (Å²) < 4.78 is 31.5. The molecule has 0 aliphatic heterocycles. The quantitative estimate of drug-likeness (QED) is 0.853. The second-order valence-electron chi connectivity index (χ2n) is 3.88. The Balaban J connectivity index is 2.50. The van der Waals surface area contributed by atoms with Gasteiger partial charge in [-0.2, -0.15) is 13.9 Å². The minimum absolute atomic E-state index is 0.0869. The van der Waals surface area contributed by atoms with Crippen molar-refractivity contribution < 1.29 is 13.5 Å². The molecule has 2 rings (SSSR count). The highest BCUT2D eigenvalue weighted by atomic mass is 32.1. The number of H-pyrrole nitrogens is 1. The van der Waals surface area contributed by atoms with E-state index in [-0.39, 0.29) is 5.75 Å². The van der Waals surface area contributed by atoms with Crippen LogP contribution in [0.4, 0.5) is 8.78 Å². The molecule has 1 N–H and O–H groups in total. The number of hydrogen-bond acceptors (Lipinski definition) is 3. The van der Waals surface area contributed by atoms with Gasteiger partial charge in [-0.05, 0) is 30.8 Å². The number of nitrogens with zero attached hydrogens (tertiary/aromatic N) is 2. The highest BCUT2D eigenvalue weighted by Crippen LogP contribution is 2.29. The van der Waals surface area contributed by atoms with Crippen molar-refractivity contribution in [3.63, 3.8) is 0 Å². The molecule has 1 aromatic carbocycles. The molecule has 0 radical (unpaired) electrons. The first-order valence-electron chi connectivity index (χ1n) is 5.83. The predicted octanol–water partition coefficient (Wildman–Crippen LogP) is 3.62. The van der Waals surface area contributed by atoms with Crippen LogP contribution in [0.3, 0.4) is 0 Å². The molecule has 0 bridgehead atoms. The number of alkyl halides is 2.